The lowest BCUT2D eigenvalue weighted by Gasteiger charge is -2.14. The number of carbonyl (C=O) groups is 2. The van der Waals surface area contributed by atoms with Crippen molar-refractivity contribution in [2.24, 2.45) is 0 Å². The summed E-state index contributed by atoms with van der Waals surface area (Å²) < 4.78 is 10.3. The summed E-state index contributed by atoms with van der Waals surface area (Å²) in [4.78, 5) is 22.4. The largest absolute Gasteiger partial charge is 0.482 e. The Morgan fingerprint density at radius 1 is 1.26 bits per heavy atom. The molecular weight excluding hydrogens is 298 g/mol. The normalized spacial score (nSPS) is 11.7. The Labute approximate surface area is 134 Å². The summed E-state index contributed by atoms with van der Waals surface area (Å²) in [6.07, 6.45) is 2.51. The third kappa shape index (κ3) is 5.50. The van der Waals surface area contributed by atoms with Gasteiger partial charge in [0.25, 0.3) is 0 Å². The topological polar surface area (TPSA) is 88.8 Å². The van der Waals surface area contributed by atoms with Crippen LogP contribution in [0.25, 0.3) is 0 Å². The molecule has 1 aromatic carbocycles. The molecule has 1 amide bonds. The van der Waals surface area contributed by atoms with Crippen LogP contribution in [0.5, 0.6) is 5.75 Å². The van der Waals surface area contributed by atoms with Crippen LogP contribution < -0.4 is 10.1 Å². The minimum atomic E-state index is -1.02. The van der Waals surface area contributed by atoms with Crippen molar-refractivity contribution >= 4 is 11.9 Å². The first-order chi connectivity index (χ1) is 11.0. The Morgan fingerprint density at radius 2 is 2.00 bits per heavy atom. The summed E-state index contributed by atoms with van der Waals surface area (Å²) in [5, 5.41) is 11.5. The molecule has 0 aliphatic carbocycles. The van der Waals surface area contributed by atoms with E-state index >= 15 is 0 Å². The highest BCUT2D eigenvalue weighted by Crippen LogP contribution is 2.18. The van der Waals surface area contributed by atoms with E-state index in [1.54, 1.807) is 36.6 Å². The van der Waals surface area contributed by atoms with Gasteiger partial charge in [-0.1, -0.05) is 12.1 Å². The first-order valence-electron chi connectivity index (χ1n) is 7.31. The average molecular weight is 317 g/mol. The number of furan rings is 1. The van der Waals surface area contributed by atoms with Gasteiger partial charge in [0.15, 0.2) is 6.61 Å². The SMILES string of the molecule is CC(NC(=O)CCc1ccco1)c1ccc(OCC(=O)O)cc1. The van der Waals surface area contributed by atoms with Gasteiger partial charge in [-0.25, -0.2) is 4.79 Å². The molecule has 122 valence electrons. The van der Waals surface area contributed by atoms with Crippen LogP contribution in [-0.2, 0) is 16.0 Å². The van der Waals surface area contributed by atoms with Gasteiger partial charge in [0.05, 0.1) is 12.3 Å². The molecule has 2 N–H and O–H groups in total. The lowest BCUT2D eigenvalue weighted by atomic mass is 10.1. The molecule has 6 nitrogen and oxygen atoms in total. The maximum atomic E-state index is 11.9. The molecule has 1 aromatic heterocycles. The molecule has 0 fully saturated rings. The second-order valence-electron chi connectivity index (χ2n) is 5.12. The molecule has 2 aromatic rings. The van der Waals surface area contributed by atoms with E-state index in [-0.39, 0.29) is 18.6 Å². The standard InChI is InChI=1S/C17H19NO5/c1-12(18-16(19)9-8-14-3-2-10-22-14)13-4-6-15(7-5-13)23-11-17(20)21/h2-7,10,12H,8-9,11H2,1H3,(H,18,19)(H,20,21). The van der Waals surface area contributed by atoms with E-state index in [2.05, 4.69) is 5.32 Å². The van der Waals surface area contributed by atoms with Crippen molar-refractivity contribution in [2.45, 2.75) is 25.8 Å². The van der Waals surface area contributed by atoms with E-state index in [0.29, 0.717) is 18.6 Å². The minimum Gasteiger partial charge on any atom is -0.482 e. The number of nitrogens with one attached hydrogen (secondary N) is 1. The number of hydrogen-bond acceptors (Lipinski definition) is 4. The number of carboxylic acid groups (broad SMARTS) is 1. The molecular formula is C17H19NO5. The van der Waals surface area contributed by atoms with Gasteiger partial charge in [0.2, 0.25) is 5.91 Å². The highest BCUT2D eigenvalue weighted by Gasteiger charge is 2.10. The Morgan fingerprint density at radius 3 is 2.61 bits per heavy atom. The summed E-state index contributed by atoms with van der Waals surface area (Å²) >= 11 is 0. The molecule has 0 aliphatic rings. The second-order valence-corrected chi connectivity index (χ2v) is 5.12. The van der Waals surface area contributed by atoms with E-state index in [4.69, 9.17) is 14.3 Å². The van der Waals surface area contributed by atoms with Crippen LogP contribution in [0.2, 0.25) is 0 Å². The van der Waals surface area contributed by atoms with Crippen LogP contribution in [0.15, 0.2) is 47.1 Å². The smallest absolute Gasteiger partial charge is 0.341 e. The molecule has 6 heteroatoms. The Bertz CT molecular complexity index is 634. The van der Waals surface area contributed by atoms with Crippen molar-refractivity contribution in [3.05, 3.63) is 54.0 Å². The predicted octanol–water partition coefficient (Wildman–Crippen LogP) is 2.55. The van der Waals surface area contributed by atoms with Gasteiger partial charge in [-0.2, -0.15) is 0 Å². The predicted molar refractivity (Wildman–Crippen MR) is 83.2 cm³/mol. The number of ether oxygens (including phenoxy) is 1. The third-order valence-electron chi connectivity index (χ3n) is 3.30. The van der Waals surface area contributed by atoms with Gasteiger partial charge in [-0.05, 0) is 36.8 Å². The fourth-order valence-corrected chi connectivity index (χ4v) is 2.09. The van der Waals surface area contributed by atoms with E-state index in [1.807, 2.05) is 13.0 Å². The molecule has 0 bridgehead atoms. The molecule has 0 radical (unpaired) electrons. The lowest BCUT2D eigenvalue weighted by Crippen LogP contribution is -2.26. The lowest BCUT2D eigenvalue weighted by molar-refractivity contribution is -0.139. The number of aliphatic carboxylic acids is 1. The number of carbonyl (C=O) groups excluding carboxylic acids is 1. The third-order valence-corrected chi connectivity index (χ3v) is 3.30. The molecule has 0 aliphatic heterocycles. The number of amides is 1. The van der Waals surface area contributed by atoms with Crippen LogP contribution in [-0.4, -0.2) is 23.6 Å². The van der Waals surface area contributed by atoms with Crippen LogP contribution in [0.4, 0.5) is 0 Å². The summed E-state index contributed by atoms with van der Waals surface area (Å²) in [5.74, 6) is 0.187. The fourth-order valence-electron chi connectivity index (χ4n) is 2.09. The number of benzene rings is 1. The average Bonchev–Trinajstić information content (AvgIpc) is 3.05. The molecule has 0 saturated carbocycles. The minimum absolute atomic E-state index is 0.0555. The fraction of sp³-hybridized carbons (Fsp3) is 0.294. The molecule has 1 unspecified atom stereocenters. The number of carboxylic acids is 1. The summed E-state index contributed by atoms with van der Waals surface area (Å²) in [6.45, 7) is 1.51. The van der Waals surface area contributed by atoms with Gasteiger partial charge < -0.3 is 19.6 Å². The summed E-state index contributed by atoms with van der Waals surface area (Å²) in [5.41, 5.74) is 0.916. The highest BCUT2D eigenvalue weighted by molar-refractivity contribution is 5.76. The van der Waals surface area contributed by atoms with Crippen LogP contribution in [0.3, 0.4) is 0 Å². The van der Waals surface area contributed by atoms with Gasteiger partial charge in [0, 0.05) is 12.8 Å². The monoisotopic (exact) mass is 317 g/mol. The number of aryl methyl sites for hydroxylation is 1. The summed E-state index contributed by atoms with van der Waals surface area (Å²) in [6, 6.07) is 10.5. The van der Waals surface area contributed by atoms with Crippen LogP contribution in [0, 0.1) is 0 Å². The van der Waals surface area contributed by atoms with Crippen LogP contribution >= 0.6 is 0 Å². The summed E-state index contributed by atoms with van der Waals surface area (Å²) in [7, 11) is 0. The Hall–Kier alpha value is -2.76. The van der Waals surface area contributed by atoms with Crippen molar-refractivity contribution in [3.8, 4) is 5.75 Å². The maximum Gasteiger partial charge on any atom is 0.341 e. The molecule has 1 heterocycles. The molecule has 0 spiro atoms. The molecule has 2 rings (SSSR count). The zero-order valence-corrected chi connectivity index (χ0v) is 12.8. The number of hydrogen-bond donors (Lipinski definition) is 2. The highest BCUT2D eigenvalue weighted by atomic mass is 16.5. The number of rotatable bonds is 8. The first-order valence-corrected chi connectivity index (χ1v) is 7.31. The van der Waals surface area contributed by atoms with Gasteiger partial charge in [-0.15, -0.1) is 0 Å². The van der Waals surface area contributed by atoms with Gasteiger partial charge >= 0.3 is 5.97 Å². The Kier molecular flexibility index (Phi) is 5.80. The van der Waals surface area contributed by atoms with E-state index in [0.717, 1.165) is 11.3 Å². The van der Waals surface area contributed by atoms with E-state index < -0.39 is 5.97 Å². The van der Waals surface area contributed by atoms with Gasteiger partial charge in [0.1, 0.15) is 11.5 Å². The van der Waals surface area contributed by atoms with Crippen molar-refractivity contribution in [1.29, 1.82) is 0 Å². The molecule has 23 heavy (non-hydrogen) atoms. The quantitative estimate of drug-likeness (QED) is 0.781. The van der Waals surface area contributed by atoms with E-state index in [9.17, 15) is 9.59 Å². The zero-order chi connectivity index (χ0) is 16.7. The van der Waals surface area contributed by atoms with Crippen molar-refractivity contribution in [1.82, 2.24) is 5.32 Å². The van der Waals surface area contributed by atoms with Gasteiger partial charge in [-0.3, -0.25) is 4.79 Å². The van der Waals surface area contributed by atoms with Crippen molar-refractivity contribution < 1.29 is 23.8 Å². The Balaban J connectivity index is 1.81. The first kappa shape index (κ1) is 16.6. The van der Waals surface area contributed by atoms with Crippen LogP contribution in [0.1, 0.15) is 30.7 Å². The molecule has 0 saturated heterocycles. The van der Waals surface area contributed by atoms with Crippen molar-refractivity contribution in [3.63, 3.8) is 0 Å². The second kappa shape index (κ2) is 8.03. The van der Waals surface area contributed by atoms with E-state index in [1.165, 1.54) is 0 Å². The zero-order valence-electron chi connectivity index (χ0n) is 12.8. The van der Waals surface area contributed by atoms with Crippen molar-refractivity contribution in [2.75, 3.05) is 6.61 Å². The maximum absolute atomic E-state index is 11.9. The molecule has 1 atom stereocenters.